The van der Waals surface area contributed by atoms with Crippen LogP contribution in [0.2, 0.25) is 0 Å². The summed E-state index contributed by atoms with van der Waals surface area (Å²) in [5.74, 6) is -4.74. The molecule has 0 aromatic heterocycles. The maximum atomic E-state index is 11.4. The van der Waals surface area contributed by atoms with Crippen LogP contribution < -0.4 is 10.2 Å². The van der Waals surface area contributed by atoms with Gasteiger partial charge in [-0.15, -0.1) is 0 Å². The number of rotatable bonds is 24. The average Bonchev–Trinajstić information content (AvgIpc) is 2.86. The molecule has 0 aromatic carbocycles. The molecule has 2 unspecified atom stereocenters. The van der Waals surface area contributed by atoms with E-state index in [1.165, 1.54) is 64.2 Å². The number of carboxylic acids is 2. The van der Waals surface area contributed by atoms with Gasteiger partial charge in [-0.05, 0) is 26.7 Å². The molecule has 0 amide bonds. The van der Waals surface area contributed by atoms with Crippen molar-refractivity contribution in [3.05, 3.63) is 0 Å². The number of carbonyl (C=O) groups is 4. The quantitative estimate of drug-likeness (QED) is 0.0994. The zero-order chi connectivity index (χ0) is 29.5. The molecule has 0 aliphatic heterocycles. The van der Waals surface area contributed by atoms with Gasteiger partial charge in [0, 0.05) is 12.8 Å². The van der Waals surface area contributed by atoms with E-state index in [4.69, 9.17) is 0 Å². The predicted octanol–water partition coefficient (Wildman–Crippen LogP) is 3.57. The van der Waals surface area contributed by atoms with Crippen molar-refractivity contribution in [2.45, 2.75) is 167 Å². The van der Waals surface area contributed by atoms with Crippen molar-refractivity contribution in [3.63, 3.8) is 0 Å². The van der Waals surface area contributed by atoms with Gasteiger partial charge in [0.1, 0.15) is 0 Å². The number of Topliss-reactive ketones (excluding diaryl/α,β-unsaturated/α-hetero) is 2. The second-order valence-electron chi connectivity index (χ2n) is 10.7. The summed E-state index contributed by atoms with van der Waals surface area (Å²) in [6, 6.07) is 0. The van der Waals surface area contributed by atoms with Crippen molar-refractivity contribution >= 4 is 61.2 Å². The summed E-state index contributed by atoms with van der Waals surface area (Å²) in [4.78, 5) is 44.0. The molecule has 0 radical (unpaired) electrons. The summed E-state index contributed by atoms with van der Waals surface area (Å²) < 4.78 is 0. The molecule has 0 rings (SSSR count). The molecule has 2 N–H and O–H groups in total. The van der Waals surface area contributed by atoms with Crippen LogP contribution in [0, 0.1) is 0 Å². The Labute approximate surface area is 266 Å². The topological polar surface area (TPSA) is 155 Å². The summed E-state index contributed by atoms with van der Waals surface area (Å²) in [6.07, 6.45) is 20.4. The minimum Gasteiger partial charge on any atom is -0.547 e. The Bertz CT molecular complexity index is 605. The van der Waals surface area contributed by atoms with Crippen LogP contribution >= 0.6 is 0 Å². The summed E-state index contributed by atoms with van der Waals surface area (Å²) in [7, 11) is 0. The van der Waals surface area contributed by atoms with Gasteiger partial charge in [-0.1, -0.05) is 117 Å². The number of aliphatic hydroxyl groups is 2. The molecular weight excluding hydrogens is 528 g/mol. The number of carboxylic acid groups (broad SMARTS) is 2. The van der Waals surface area contributed by atoms with Gasteiger partial charge in [0.25, 0.3) is 0 Å². The Hall–Kier alpha value is -0.540. The molecule has 39 heavy (non-hydrogen) atoms. The molecule has 0 fully saturated rings. The minimum absolute atomic E-state index is 0. The van der Waals surface area contributed by atoms with Crippen molar-refractivity contribution in [2.75, 3.05) is 0 Å². The first-order valence-electron chi connectivity index (χ1n) is 14.8. The van der Waals surface area contributed by atoms with E-state index >= 15 is 0 Å². The smallest absolute Gasteiger partial charge is 0.547 e. The average molecular weight is 583 g/mol. The van der Waals surface area contributed by atoms with Gasteiger partial charge in [0.2, 0.25) is 0 Å². The first-order valence-corrected chi connectivity index (χ1v) is 14.8. The van der Waals surface area contributed by atoms with Gasteiger partial charge in [-0.2, -0.15) is 0 Å². The van der Waals surface area contributed by atoms with Crippen molar-refractivity contribution < 1.29 is 39.6 Å². The van der Waals surface area contributed by atoms with Crippen LogP contribution in [0.25, 0.3) is 0 Å². The Kier molecular flexibility index (Phi) is 29.0. The number of aliphatic carboxylic acids is 2. The van der Waals surface area contributed by atoms with Crippen LogP contribution in [-0.4, -0.2) is 82.7 Å². The monoisotopic (exact) mass is 582 g/mol. The van der Waals surface area contributed by atoms with E-state index in [1.807, 2.05) is 0 Å². The third-order valence-electron chi connectivity index (χ3n) is 6.90. The van der Waals surface area contributed by atoms with Crippen LogP contribution in [0.3, 0.4) is 0 Å². The number of hydrogen-bond donors (Lipinski definition) is 2. The zero-order valence-corrected chi connectivity index (χ0v) is 27.4. The molecule has 0 saturated heterocycles. The predicted molar refractivity (Wildman–Crippen MR) is 151 cm³/mol. The van der Waals surface area contributed by atoms with Crippen molar-refractivity contribution in [1.82, 2.24) is 0 Å². The van der Waals surface area contributed by atoms with Crippen LogP contribution in [0.5, 0.6) is 0 Å². The van der Waals surface area contributed by atoms with Gasteiger partial charge in [0.05, 0.1) is 11.9 Å². The zero-order valence-electron chi connectivity index (χ0n) is 25.2. The Morgan fingerprint density at radius 3 is 0.897 bits per heavy atom. The van der Waals surface area contributed by atoms with Gasteiger partial charge in [0.15, 0.2) is 22.8 Å². The second kappa shape index (κ2) is 26.4. The molecule has 0 aromatic rings. The fourth-order valence-electron chi connectivity index (χ4n) is 3.91. The van der Waals surface area contributed by atoms with E-state index < -0.39 is 34.7 Å². The molecule has 0 spiro atoms. The first-order chi connectivity index (χ1) is 17.8. The number of hydrogen-bond acceptors (Lipinski definition) is 8. The van der Waals surface area contributed by atoms with E-state index in [0.717, 1.165) is 52.4 Å². The molecule has 0 saturated carbocycles. The molecule has 224 valence electrons. The maximum absolute atomic E-state index is 11.4. The Balaban J connectivity index is -0.000000648. The van der Waals surface area contributed by atoms with Gasteiger partial charge < -0.3 is 30.0 Å². The fraction of sp³-hybridized carbons (Fsp3) is 0.867. The van der Waals surface area contributed by atoms with Crippen LogP contribution in [0.4, 0.5) is 0 Å². The maximum Gasteiger partial charge on any atom is 2.00 e. The molecule has 0 aliphatic rings. The Morgan fingerprint density at radius 1 is 0.487 bits per heavy atom. The second-order valence-corrected chi connectivity index (χ2v) is 10.7. The van der Waals surface area contributed by atoms with Gasteiger partial charge in [-0.3, -0.25) is 9.59 Å². The molecule has 8 nitrogen and oxygen atoms in total. The minimum atomic E-state index is -2.33. The number of ketones is 2. The van der Waals surface area contributed by atoms with Crippen molar-refractivity contribution in [2.24, 2.45) is 0 Å². The number of unbranched alkanes of at least 4 members (excludes halogenated alkanes) is 16. The van der Waals surface area contributed by atoms with Crippen LogP contribution in [0.15, 0.2) is 0 Å². The van der Waals surface area contributed by atoms with Gasteiger partial charge >= 0.3 is 37.7 Å². The summed E-state index contributed by atoms with van der Waals surface area (Å²) >= 11 is 0. The third kappa shape index (κ3) is 22.8. The van der Waals surface area contributed by atoms with E-state index in [9.17, 15) is 39.6 Å². The molecule has 0 heterocycles. The van der Waals surface area contributed by atoms with E-state index in [2.05, 4.69) is 13.8 Å². The third-order valence-corrected chi connectivity index (χ3v) is 6.90. The largest absolute Gasteiger partial charge is 2.00 e. The molecule has 0 aliphatic carbocycles. The summed E-state index contributed by atoms with van der Waals surface area (Å²) in [6.45, 7) is 6.36. The molecule has 2 atom stereocenters. The normalized spacial score (nSPS) is 13.7. The SMILES string of the molecule is CCCCCCCCCCCC(=O)C(C)(O)C(=O)[O-].CCCCCCCCCCCC(=O)C(C)(O)C(=O)[O-].[Ca+2]. The molecular formula is C30H54CaO8. The molecule has 0 bridgehead atoms. The van der Waals surface area contributed by atoms with Crippen molar-refractivity contribution in [1.29, 1.82) is 0 Å². The first kappa shape index (κ1) is 42.9. The van der Waals surface area contributed by atoms with E-state index in [0.29, 0.717) is 12.8 Å². The molecule has 9 heteroatoms. The standard InChI is InChI=1S/2C15H28O4.Ca/c2*1-3-4-5-6-7-8-9-10-11-12-13(16)15(2,19)14(17)18;/h2*19H,3-12H2,1-2H3,(H,17,18);/q;;+2/p-2. The Morgan fingerprint density at radius 2 is 0.692 bits per heavy atom. The van der Waals surface area contributed by atoms with Crippen LogP contribution in [-0.2, 0) is 19.2 Å². The summed E-state index contributed by atoms with van der Waals surface area (Å²) in [5, 5.41) is 39.8. The van der Waals surface area contributed by atoms with Crippen molar-refractivity contribution in [3.8, 4) is 0 Å². The van der Waals surface area contributed by atoms with E-state index in [-0.39, 0.29) is 50.6 Å². The van der Waals surface area contributed by atoms with Gasteiger partial charge in [-0.25, -0.2) is 0 Å². The summed E-state index contributed by atoms with van der Waals surface area (Å²) in [5.41, 5.74) is -4.67. The fourth-order valence-corrected chi connectivity index (χ4v) is 3.91. The van der Waals surface area contributed by atoms with Crippen LogP contribution in [0.1, 0.15) is 156 Å². The number of carbonyl (C=O) groups excluding carboxylic acids is 4. The van der Waals surface area contributed by atoms with E-state index in [1.54, 1.807) is 0 Å².